The Labute approximate surface area is 83.1 Å². The number of nitrogens with two attached hydrogens (primary N) is 1. The van der Waals surface area contributed by atoms with Gasteiger partial charge in [-0.15, -0.1) is 0 Å². The van der Waals surface area contributed by atoms with Gasteiger partial charge in [-0.25, -0.2) is 0 Å². The summed E-state index contributed by atoms with van der Waals surface area (Å²) in [7, 11) is 1.59. The highest BCUT2D eigenvalue weighted by molar-refractivity contribution is 5.74. The predicted molar refractivity (Wildman–Crippen MR) is 53.0 cm³/mol. The summed E-state index contributed by atoms with van der Waals surface area (Å²) in [5, 5.41) is 0. The Balaban J connectivity index is 2.71. The topological polar surface area (TPSA) is 65.2 Å². The maximum atomic E-state index is 10.7. The van der Waals surface area contributed by atoms with Crippen molar-refractivity contribution in [3.63, 3.8) is 0 Å². The van der Waals surface area contributed by atoms with Crippen molar-refractivity contribution in [2.75, 3.05) is 7.11 Å². The summed E-state index contributed by atoms with van der Waals surface area (Å²) in [4.78, 5) is 14.8. The zero-order chi connectivity index (χ0) is 10.6. The average molecular weight is 194 g/mol. The third kappa shape index (κ3) is 2.73. The maximum Gasteiger partial charge on any atom is 0.218 e. The van der Waals surface area contributed by atoms with Gasteiger partial charge in [0.25, 0.3) is 0 Å². The van der Waals surface area contributed by atoms with E-state index in [0.717, 1.165) is 5.69 Å². The number of aromatic nitrogens is 1. The number of nitrogens with zero attached hydrogens (tertiary/aromatic N) is 1. The standard InChI is InChI=1S/C10H14N2O2/c1-7(5-10(11)13)9-4-3-8(14-2)6-12-9/h3-4,6-7H,5H2,1-2H3,(H2,11,13)/t7-/m1/s1. The van der Waals surface area contributed by atoms with E-state index in [1.165, 1.54) is 0 Å². The fourth-order valence-corrected chi connectivity index (χ4v) is 1.21. The summed E-state index contributed by atoms with van der Waals surface area (Å²) in [5.74, 6) is 0.452. The van der Waals surface area contributed by atoms with Gasteiger partial charge in [0.1, 0.15) is 5.75 Å². The quantitative estimate of drug-likeness (QED) is 0.779. The van der Waals surface area contributed by atoms with Gasteiger partial charge in [-0.05, 0) is 12.1 Å². The molecule has 1 aromatic rings. The number of carbonyl (C=O) groups excluding carboxylic acids is 1. The SMILES string of the molecule is COc1ccc([C@H](C)CC(N)=O)nc1. The van der Waals surface area contributed by atoms with Crippen molar-refractivity contribution >= 4 is 5.91 Å². The smallest absolute Gasteiger partial charge is 0.218 e. The number of pyridine rings is 1. The molecule has 2 N–H and O–H groups in total. The normalized spacial score (nSPS) is 12.1. The van der Waals surface area contributed by atoms with Crippen molar-refractivity contribution in [2.45, 2.75) is 19.3 Å². The highest BCUT2D eigenvalue weighted by atomic mass is 16.5. The monoisotopic (exact) mass is 194 g/mol. The van der Waals surface area contributed by atoms with Crippen LogP contribution in [0.5, 0.6) is 5.75 Å². The Bertz CT molecular complexity index is 308. The first-order chi connectivity index (χ1) is 6.63. The summed E-state index contributed by atoms with van der Waals surface area (Å²) in [5.41, 5.74) is 5.95. The van der Waals surface area contributed by atoms with Crippen LogP contribution in [0.15, 0.2) is 18.3 Å². The number of hydrogen-bond acceptors (Lipinski definition) is 3. The highest BCUT2D eigenvalue weighted by Gasteiger charge is 2.09. The zero-order valence-electron chi connectivity index (χ0n) is 8.36. The maximum absolute atomic E-state index is 10.7. The van der Waals surface area contributed by atoms with Gasteiger partial charge in [-0.3, -0.25) is 9.78 Å². The molecule has 14 heavy (non-hydrogen) atoms. The molecule has 76 valence electrons. The Morgan fingerprint density at radius 1 is 1.64 bits per heavy atom. The lowest BCUT2D eigenvalue weighted by Crippen LogP contribution is -2.14. The van der Waals surface area contributed by atoms with Crippen molar-refractivity contribution < 1.29 is 9.53 Å². The van der Waals surface area contributed by atoms with Gasteiger partial charge in [0.2, 0.25) is 5.91 Å². The molecule has 0 fully saturated rings. The van der Waals surface area contributed by atoms with Gasteiger partial charge in [0.15, 0.2) is 0 Å². The second kappa shape index (κ2) is 4.60. The fourth-order valence-electron chi connectivity index (χ4n) is 1.21. The molecule has 0 spiro atoms. The van der Waals surface area contributed by atoms with Gasteiger partial charge in [-0.1, -0.05) is 6.92 Å². The molecule has 1 heterocycles. The van der Waals surface area contributed by atoms with E-state index in [0.29, 0.717) is 12.2 Å². The molecule has 0 aromatic carbocycles. The number of rotatable bonds is 4. The van der Waals surface area contributed by atoms with Crippen LogP contribution in [-0.2, 0) is 4.79 Å². The zero-order valence-corrected chi connectivity index (χ0v) is 8.36. The molecule has 0 radical (unpaired) electrons. The molecule has 0 aliphatic rings. The first-order valence-corrected chi connectivity index (χ1v) is 4.41. The van der Waals surface area contributed by atoms with Crippen LogP contribution < -0.4 is 10.5 Å². The summed E-state index contributed by atoms with van der Waals surface area (Å²) in [6.45, 7) is 1.92. The minimum Gasteiger partial charge on any atom is -0.495 e. The van der Waals surface area contributed by atoms with Crippen molar-refractivity contribution in [3.05, 3.63) is 24.0 Å². The lowest BCUT2D eigenvalue weighted by atomic mass is 10.0. The van der Waals surface area contributed by atoms with Gasteiger partial charge < -0.3 is 10.5 Å². The van der Waals surface area contributed by atoms with Crippen LogP contribution >= 0.6 is 0 Å². The van der Waals surface area contributed by atoms with Crippen LogP contribution in [0.1, 0.15) is 25.0 Å². The minimum atomic E-state index is -0.310. The molecule has 1 atom stereocenters. The minimum absolute atomic E-state index is 0.0541. The lowest BCUT2D eigenvalue weighted by molar-refractivity contribution is -0.118. The Hall–Kier alpha value is -1.58. The molecule has 0 aliphatic carbocycles. The number of hydrogen-bond donors (Lipinski definition) is 1. The van der Waals surface area contributed by atoms with Crippen molar-refractivity contribution in [1.29, 1.82) is 0 Å². The molecule has 4 nitrogen and oxygen atoms in total. The number of methoxy groups -OCH3 is 1. The second-order valence-electron chi connectivity index (χ2n) is 3.19. The van der Waals surface area contributed by atoms with E-state index in [-0.39, 0.29) is 11.8 Å². The van der Waals surface area contributed by atoms with Crippen LogP contribution in [-0.4, -0.2) is 18.0 Å². The van der Waals surface area contributed by atoms with Crippen LogP contribution in [0.3, 0.4) is 0 Å². The summed E-state index contributed by atoms with van der Waals surface area (Å²) < 4.78 is 4.98. The molecule has 4 heteroatoms. The van der Waals surface area contributed by atoms with Crippen molar-refractivity contribution in [2.24, 2.45) is 5.73 Å². The third-order valence-corrected chi connectivity index (χ3v) is 2.01. The number of ether oxygens (including phenoxy) is 1. The van der Waals surface area contributed by atoms with Crippen molar-refractivity contribution in [3.8, 4) is 5.75 Å². The van der Waals surface area contributed by atoms with E-state index in [1.54, 1.807) is 13.3 Å². The molecule has 1 rings (SSSR count). The Morgan fingerprint density at radius 3 is 2.79 bits per heavy atom. The molecular formula is C10H14N2O2. The van der Waals surface area contributed by atoms with E-state index in [4.69, 9.17) is 10.5 Å². The van der Waals surface area contributed by atoms with E-state index in [2.05, 4.69) is 4.98 Å². The molecule has 1 aromatic heterocycles. The van der Waals surface area contributed by atoms with E-state index >= 15 is 0 Å². The number of amides is 1. The predicted octanol–water partition coefficient (Wildman–Crippen LogP) is 1.07. The van der Waals surface area contributed by atoms with Gasteiger partial charge in [-0.2, -0.15) is 0 Å². The molecular weight excluding hydrogens is 180 g/mol. The van der Waals surface area contributed by atoms with Gasteiger partial charge in [0, 0.05) is 18.0 Å². The molecule has 0 aliphatic heterocycles. The fraction of sp³-hybridized carbons (Fsp3) is 0.400. The Morgan fingerprint density at radius 2 is 2.36 bits per heavy atom. The lowest BCUT2D eigenvalue weighted by Gasteiger charge is -2.08. The Kier molecular flexibility index (Phi) is 3.45. The first-order valence-electron chi connectivity index (χ1n) is 4.41. The first kappa shape index (κ1) is 10.5. The largest absolute Gasteiger partial charge is 0.495 e. The average Bonchev–Trinajstić information content (AvgIpc) is 2.17. The van der Waals surface area contributed by atoms with E-state index < -0.39 is 0 Å². The van der Waals surface area contributed by atoms with Gasteiger partial charge >= 0.3 is 0 Å². The number of carbonyl (C=O) groups is 1. The van der Waals surface area contributed by atoms with Crippen LogP contribution in [0, 0.1) is 0 Å². The molecule has 0 bridgehead atoms. The van der Waals surface area contributed by atoms with Crippen molar-refractivity contribution in [1.82, 2.24) is 4.98 Å². The van der Waals surface area contributed by atoms with Crippen LogP contribution in [0.25, 0.3) is 0 Å². The van der Waals surface area contributed by atoms with Gasteiger partial charge in [0.05, 0.1) is 13.3 Å². The second-order valence-corrected chi connectivity index (χ2v) is 3.19. The molecule has 0 saturated carbocycles. The van der Waals surface area contributed by atoms with Crippen LogP contribution in [0.2, 0.25) is 0 Å². The molecule has 1 amide bonds. The van der Waals surface area contributed by atoms with E-state index in [9.17, 15) is 4.79 Å². The summed E-state index contributed by atoms with van der Waals surface area (Å²) in [6, 6.07) is 3.66. The highest BCUT2D eigenvalue weighted by Crippen LogP contribution is 2.18. The van der Waals surface area contributed by atoms with E-state index in [1.807, 2.05) is 19.1 Å². The number of primary amides is 1. The third-order valence-electron chi connectivity index (χ3n) is 2.01. The summed E-state index contributed by atoms with van der Waals surface area (Å²) >= 11 is 0. The molecule has 0 unspecified atom stereocenters. The molecule has 0 saturated heterocycles. The van der Waals surface area contributed by atoms with Crippen LogP contribution in [0.4, 0.5) is 0 Å². The summed E-state index contributed by atoms with van der Waals surface area (Å²) in [6.07, 6.45) is 1.95.